The van der Waals surface area contributed by atoms with Crippen LogP contribution in [0.1, 0.15) is 15.9 Å². The lowest BCUT2D eigenvalue weighted by Crippen LogP contribution is -2.14. The van der Waals surface area contributed by atoms with Gasteiger partial charge in [-0.15, -0.1) is 0 Å². The van der Waals surface area contributed by atoms with E-state index >= 15 is 0 Å². The fourth-order valence-corrected chi connectivity index (χ4v) is 2.49. The first-order valence-electron chi connectivity index (χ1n) is 7.54. The minimum atomic E-state index is -0.665. The molecule has 0 aliphatic carbocycles. The molecule has 0 atom stereocenters. The summed E-state index contributed by atoms with van der Waals surface area (Å²) < 4.78 is 9.79. The Morgan fingerprint density at radius 2 is 1.81 bits per heavy atom. The predicted octanol–water partition coefficient (Wildman–Crippen LogP) is 4.33. The third kappa shape index (κ3) is 5.00. The van der Waals surface area contributed by atoms with Gasteiger partial charge in [0.25, 0.3) is 5.91 Å². The van der Waals surface area contributed by atoms with E-state index in [0.29, 0.717) is 10.6 Å². The Kier molecular flexibility index (Phi) is 6.83. The second kappa shape index (κ2) is 9.08. The van der Waals surface area contributed by atoms with E-state index in [9.17, 15) is 14.9 Å². The molecule has 0 aliphatic heterocycles. The van der Waals surface area contributed by atoms with Crippen molar-refractivity contribution >= 4 is 46.8 Å². The quantitative estimate of drug-likeness (QED) is 0.454. The number of ether oxygens (including phenoxy) is 2. The van der Waals surface area contributed by atoms with E-state index in [0.717, 1.165) is 0 Å². The minimum absolute atomic E-state index is 0.0910. The van der Waals surface area contributed by atoms with Gasteiger partial charge in [0.05, 0.1) is 24.9 Å². The summed E-state index contributed by atoms with van der Waals surface area (Å²) in [6.45, 7) is 0. The van der Waals surface area contributed by atoms with Crippen LogP contribution in [0.5, 0.6) is 5.75 Å². The summed E-state index contributed by atoms with van der Waals surface area (Å²) in [4.78, 5) is 24.2. The van der Waals surface area contributed by atoms with E-state index in [2.05, 4.69) is 10.1 Å². The van der Waals surface area contributed by atoms with Crippen molar-refractivity contribution in [3.05, 3.63) is 63.1 Å². The number of anilines is 1. The Bertz CT molecular complexity index is 947. The summed E-state index contributed by atoms with van der Waals surface area (Å²) in [5, 5.41) is 12.4. The molecule has 0 saturated carbocycles. The van der Waals surface area contributed by atoms with Crippen LogP contribution in [-0.2, 0) is 9.53 Å². The molecule has 0 heterocycles. The Labute approximate surface area is 165 Å². The number of carbonyl (C=O) groups excluding carboxylic acids is 2. The number of methoxy groups -OCH3 is 2. The number of benzene rings is 2. The van der Waals surface area contributed by atoms with Crippen LogP contribution in [0.15, 0.2) is 42.0 Å². The van der Waals surface area contributed by atoms with Gasteiger partial charge in [-0.3, -0.25) is 4.79 Å². The van der Waals surface area contributed by atoms with Crippen LogP contribution in [0, 0.1) is 11.3 Å². The molecule has 138 valence electrons. The van der Waals surface area contributed by atoms with Gasteiger partial charge in [0.1, 0.15) is 23.0 Å². The summed E-state index contributed by atoms with van der Waals surface area (Å²) >= 11 is 12.0. The lowest BCUT2D eigenvalue weighted by atomic mass is 10.1. The van der Waals surface area contributed by atoms with Gasteiger partial charge < -0.3 is 14.8 Å². The van der Waals surface area contributed by atoms with Crippen molar-refractivity contribution in [2.45, 2.75) is 0 Å². The van der Waals surface area contributed by atoms with E-state index < -0.39 is 11.9 Å². The van der Waals surface area contributed by atoms with E-state index in [-0.39, 0.29) is 27.6 Å². The molecule has 0 unspecified atom stereocenters. The molecule has 1 amide bonds. The summed E-state index contributed by atoms with van der Waals surface area (Å²) in [5.74, 6) is -1.13. The second-order valence-corrected chi connectivity index (χ2v) is 6.04. The first-order chi connectivity index (χ1) is 12.9. The van der Waals surface area contributed by atoms with E-state index in [1.807, 2.05) is 6.07 Å². The zero-order valence-corrected chi connectivity index (χ0v) is 15.9. The fourth-order valence-electron chi connectivity index (χ4n) is 2.15. The maximum atomic E-state index is 12.4. The third-order valence-electron chi connectivity index (χ3n) is 3.49. The van der Waals surface area contributed by atoms with Crippen molar-refractivity contribution in [2.75, 3.05) is 19.5 Å². The molecule has 2 aromatic rings. The summed E-state index contributed by atoms with van der Waals surface area (Å²) in [6, 6.07) is 11.2. The van der Waals surface area contributed by atoms with Crippen molar-refractivity contribution in [1.82, 2.24) is 0 Å². The lowest BCUT2D eigenvalue weighted by molar-refractivity contribution is -0.112. The zero-order valence-electron chi connectivity index (χ0n) is 14.4. The first-order valence-corrected chi connectivity index (χ1v) is 8.29. The number of rotatable bonds is 5. The average Bonchev–Trinajstić information content (AvgIpc) is 2.67. The highest BCUT2D eigenvalue weighted by Gasteiger charge is 2.18. The normalized spacial score (nSPS) is 10.7. The molecule has 0 radical (unpaired) electrons. The maximum Gasteiger partial charge on any atom is 0.341 e. The van der Waals surface area contributed by atoms with Crippen LogP contribution >= 0.6 is 23.2 Å². The largest absolute Gasteiger partial charge is 0.496 e. The first kappa shape index (κ1) is 20.3. The Hall–Kier alpha value is -3.01. The highest BCUT2D eigenvalue weighted by Crippen LogP contribution is 2.31. The second-order valence-electron chi connectivity index (χ2n) is 5.20. The Morgan fingerprint density at radius 1 is 1.15 bits per heavy atom. The number of nitrogens with one attached hydrogen (secondary N) is 1. The fraction of sp³-hybridized carbons (Fsp3) is 0.105. The molecule has 2 rings (SSSR count). The van der Waals surface area contributed by atoms with Gasteiger partial charge in [0.15, 0.2) is 0 Å². The van der Waals surface area contributed by atoms with Crippen LogP contribution in [0.3, 0.4) is 0 Å². The number of hydrogen-bond donors (Lipinski definition) is 1. The zero-order chi connectivity index (χ0) is 20.0. The number of nitrogens with zero attached hydrogens (tertiary/aromatic N) is 1. The van der Waals surface area contributed by atoms with E-state index in [1.165, 1.54) is 32.4 Å². The number of halogens is 2. The Morgan fingerprint density at radius 3 is 2.37 bits per heavy atom. The molecule has 2 aromatic carbocycles. The SMILES string of the molecule is COC(=O)c1cc(Cl)c(NC(=O)/C(C#N)=C/c2ccc(Cl)cc2)cc1OC. The number of amides is 1. The highest BCUT2D eigenvalue weighted by molar-refractivity contribution is 6.34. The van der Waals surface area contributed by atoms with Crippen LogP contribution in [0.25, 0.3) is 6.08 Å². The molecule has 0 aliphatic rings. The van der Waals surface area contributed by atoms with Crippen molar-refractivity contribution < 1.29 is 19.1 Å². The van der Waals surface area contributed by atoms with E-state index in [1.54, 1.807) is 24.3 Å². The third-order valence-corrected chi connectivity index (χ3v) is 4.05. The smallest absolute Gasteiger partial charge is 0.341 e. The predicted molar refractivity (Wildman–Crippen MR) is 103 cm³/mol. The van der Waals surface area contributed by atoms with Crippen molar-refractivity contribution in [2.24, 2.45) is 0 Å². The van der Waals surface area contributed by atoms with Crippen LogP contribution in [0.2, 0.25) is 10.0 Å². The maximum absolute atomic E-state index is 12.4. The molecular formula is C19H14Cl2N2O4. The molecule has 27 heavy (non-hydrogen) atoms. The van der Waals surface area contributed by atoms with Gasteiger partial charge >= 0.3 is 5.97 Å². The van der Waals surface area contributed by atoms with Crippen LogP contribution < -0.4 is 10.1 Å². The summed E-state index contributed by atoms with van der Waals surface area (Å²) in [7, 11) is 2.59. The van der Waals surface area contributed by atoms with E-state index in [4.69, 9.17) is 27.9 Å². The molecule has 0 aromatic heterocycles. The number of nitriles is 1. The molecule has 0 spiro atoms. The van der Waals surface area contributed by atoms with Gasteiger partial charge in [0, 0.05) is 11.1 Å². The molecule has 6 nitrogen and oxygen atoms in total. The van der Waals surface area contributed by atoms with Crippen LogP contribution in [0.4, 0.5) is 5.69 Å². The summed E-state index contributed by atoms with van der Waals surface area (Å²) in [5.41, 5.74) is 0.795. The standard InChI is InChI=1S/C19H14Cl2N2O4/c1-26-17-9-16(15(21)8-14(17)19(25)27-2)23-18(24)12(10-22)7-11-3-5-13(20)6-4-11/h3-9H,1-2H3,(H,23,24)/b12-7+. The summed E-state index contributed by atoms with van der Waals surface area (Å²) in [6.07, 6.45) is 1.42. The molecule has 0 fully saturated rings. The van der Waals surface area contributed by atoms with Gasteiger partial charge in [-0.05, 0) is 29.8 Å². The number of esters is 1. The lowest BCUT2D eigenvalue weighted by Gasteiger charge is -2.12. The number of hydrogen-bond acceptors (Lipinski definition) is 5. The van der Waals surface area contributed by atoms with Gasteiger partial charge in [-0.1, -0.05) is 35.3 Å². The molecular weight excluding hydrogens is 391 g/mol. The Balaban J connectivity index is 2.32. The number of carbonyl (C=O) groups is 2. The topological polar surface area (TPSA) is 88.4 Å². The van der Waals surface area contributed by atoms with Gasteiger partial charge in [-0.25, -0.2) is 4.79 Å². The van der Waals surface area contributed by atoms with Crippen LogP contribution in [-0.4, -0.2) is 26.1 Å². The average molecular weight is 405 g/mol. The van der Waals surface area contributed by atoms with Gasteiger partial charge in [-0.2, -0.15) is 5.26 Å². The molecule has 0 bridgehead atoms. The van der Waals surface area contributed by atoms with Crippen molar-refractivity contribution in [3.63, 3.8) is 0 Å². The molecule has 8 heteroatoms. The monoisotopic (exact) mass is 404 g/mol. The highest BCUT2D eigenvalue weighted by atomic mass is 35.5. The van der Waals surface area contributed by atoms with Gasteiger partial charge in [0.2, 0.25) is 0 Å². The van der Waals surface area contributed by atoms with Crippen molar-refractivity contribution in [1.29, 1.82) is 5.26 Å². The molecule has 1 N–H and O–H groups in total. The molecule has 0 saturated heterocycles. The minimum Gasteiger partial charge on any atom is -0.496 e. The van der Waals surface area contributed by atoms with Crippen molar-refractivity contribution in [3.8, 4) is 11.8 Å².